The molecule has 0 saturated carbocycles. The van der Waals surface area contributed by atoms with E-state index < -0.39 is 0 Å². The standard InChI is InChI=1S/C17H17ClN2O3/c1-11(15-4-3-9-23-15)19-17(22)12-6-7-13(18)14(10-12)20-8-2-5-16(20)21/h3-4,6-7,9-11H,2,5,8H2,1H3,(H,19,22)/t11-/m0/s1. The molecule has 2 aromatic rings. The average molecular weight is 333 g/mol. The molecular formula is C17H17ClN2O3. The highest BCUT2D eigenvalue weighted by Gasteiger charge is 2.24. The Labute approximate surface area is 139 Å². The lowest BCUT2D eigenvalue weighted by molar-refractivity contribution is -0.117. The number of anilines is 1. The molecule has 0 bridgehead atoms. The smallest absolute Gasteiger partial charge is 0.251 e. The van der Waals surface area contributed by atoms with E-state index in [0.29, 0.717) is 35.0 Å². The van der Waals surface area contributed by atoms with Gasteiger partial charge in [-0.15, -0.1) is 0 Å². The van der Waals surface area contributed by atoms with Crippen molar-refractivity contribution >= 4 is 29.1 Å². The molecule has 1 N–H and O–H groups in total. The molecule has 1 aromatic carbocycles. The molecular weight excluding hydrogens is 316 g/mol. The second kappa shape index (κ2) is 6.46. The first-order valence-electron chi connectivity index (χ1n) is 7.50. The molecule has 2 amide bonds. The van der Waals surface area contributed by atoms with E-state index in [1.165, 1.54) is 0 Å². The molecule has 23 heavy (non-hydrogen) atoms. The van der Waals surface area contributed by atoms with Crippen LogP contribution in [0.15, 0.2) is 41.0 Å². The lowest BCUT2D eigenvalue weighted by Crippen LogP contribution is -2.28. The van der Waals surface area contributed by atoms with E-state index in [1.807, 2.05) is 6.92 Å². The second-order valence-electron chi connectivity index (χ2n) is 5.53. The molecule has 0 spiro atoms. The first kappa shape index (κ1) is 15.6. The van der Waals surface area contributed by atoms with Crippen molar-refractivity contribution < 1.29 is 14.0 Å². The van der Waals surface area contributed by atoms with Crippen LogP contribution in [0.3, 0.4) is 0 Å². The molecule has 1 aliphatic heterocycles. The Bertz CT molecular complexity index is 727. The van der Waals surface area contributed by atoms with Crippen molar-refractivity contribution in [2.45, 2.75) is 25.8 Å². The maximum atomic E-state index is 12.4. The van der Waals surface area contributed by atoms with Crippen molar-refractivity contribution in [3.8, 4) is 0 Å². The van der Waals surface area contributed by atoms with Gasteiger partial charge < -0.3 is 14.6 Å². The molecule has 0 unspecified atom stereocenters. The first-order valence-corrected chi connectivity index (χ1v) is 7.88. The summed E-state index contributed by atoms with van der Waals surface area (Å²) in [7, 11) is 0. The Kier molecular flexibility index (Phi) is 4.39. The van der Waals surface area contributed by atoms with Crippen LogP contribution < -0.4 is 10.2 Å². The van der Waals surface area contributed by atoms with Crippen LogP contribution in [-0.2, 0) is 4.79 Å². The Morgan fingerprint density at radius 2 is 2.22 bits per heavy atom. The molecule has 0 radical (unpaired) electrons. The minimum absolute atomic E-state index is 0.0356. The maximum Gasteiger partial charge on any atom is 0.251 e. The van der Waals surface area contributed by atoms with E-state index in [2.05, 4.69) is 5.32 Å². The lowest BCUT2D eigenvalue weighted by Gasteiger charge is -2.18. The monoisotopic (exact) mass is 332 g/mol. The number of halogens is 1. The fourth-order valence-electron chi connectivity index (χ4n) is 2.65. The first-order chi connectivity index (χ1) is 11.1. The number of benzene rings is 1. The van der Waals surface area contributed by atoms with E-state index in [9.17, 15) is 9.59 Å². The van der Waals surface area contributed by atoms with Gasteiger partial charge in [-0.3, -0.25) is 9.59 Å². The summed E-state index contributed by atoms with van der Waals surface area (Å²) >= 11 is 6.19. The van der Waals surface area contributed by atoms with Crippen LogP contribution >= 0.6 is 11.6 Å². The Balaban J connectivity index is 1.80. The van der Waals surface area contributed by atoms with Crippen LogP contribution in [0.4, 0.5) is 5.69 Å². The number of rotatable bonds is 4. The third kappa shape index (κ3) is 3.24. The van der Waals surface area contributed by atoms with E-state index in [1.54, 1.807) is 41.5 Å². The summed E-state index contributed by atoms with van der Waals surface area (Å²) in [6.07, 6.45) is 2.89. The lowest BCUT2D eigenvalue weighted by atomic mass is 10.1. The zero-order valence-corrected chi connectivity index (χ0v) is 13.5. The highest BCUT2D eigenvalue weighted by atomic mass is 35.5. The summed E-state index contributed by atoms with van der Waals surface area (Å²) in [6.45, 7) is 2.48. The molecule has 1 fully saturated rings. The third-order valence-electron chi connectivity index (χ3n) is 3.89. The van der Waals surface area contributed by atoms with E-state index in [-0.39, 0.29) is 17.9 Å². The van der Waals surface area contributed by atoms with E-state index in [4.69, 9.17) is 16.0 Å². The highest BCUT2D eigenvalue weighted by Crippen LogP contribution is 2.30. The maximum absolute atomic E-state index is 12.4. The van der Waals surface area contributed by atoms with Crippen molar-refractivity contribution in [3.05, 3.63) is 52.9 Å². The minimum atomic E-state index is -0.245. The second-order valence-corrected chi connectivity index (χ2v) is 5.93. The topological polar surface area (TPSA) is 62.6 Å². The summed E-state index contributed by atoms with van der Waals surface area (Å²) in [5.74, 6) is 0.481. The number of carbonyl (C=O) groups excluding carboxylic acids is 2. The van der Waals surface area contributed by atoms with Crippen LogP contribution in [0.25, 0.3) is 0 Å². The van der Waals surface area contributed by atoms with Gasteiger partial charge >= 0.3 is 0 Å². The van der Waals surface area contributed by atoms with Gasteiger partial charge in [0, 0.05) is 18.5 Å². The van der Waals surface area contributed by atoms with Crippen molar-refractivity contribution in [1.29, 1.82) is 0 Å². The summed E-state index contributed by atoms with van der Waals surface area (Å²) in [5.41, 5.74) is 1.05. The normalized spacial score (nSPS) is 15.7. The quantitative estimate of drug-likeness (QED) is 0.931. The van der Waals surface area contributed by atoms with Crippen LogP contribution in [-0.4, -0.2) is 18.4 Å². The van der Waals surface area contributed by atoms with Crippen LogP contribution in [0.2, 0.25) is 5.02 Å². The van der Waals surface area contributed by atoms with Gasteiger partial charge in [-0.1, -0.05) is 11.6 Å². The Hall–Kier alpha value is -2.27. The molecule has 0 aliphatic carbocycles. The van der Waals surface area contributed by atoms with E-state index >= 15 is 0 Å². The minimum Gasteiger partial charge on any atom is -0.467 e. The van der Waals surface area contributed by atoms with Crippen LogP contribution in [0.5, 0.6) is 0 Å². The van der Waals surface area contributed by atoms with Crippen molar-refractivity contribution in [2.24, 2.45) is 0 Å². The van der Waals surface area contributed by atoms with Crippen molar-refractivity contribution in [3.63, 3.8) is 0 Å². The van der Waals surface area contributed by atoms with Crippen LogP contribution in [0, 0.1) is 0 Å². The van der Waals surface area contributed by atoms with Gasteiger partial charge in [0.1, 0.15) is 5.76 Å². The fourth-order valence-corrected chi connectivity index (χ4v) is 2.87. The molecule has 2 heterocycles. The molecule has 1 aromatic heterocycles. The van der Waals surface area contributed by atoms with E-state index in [0.717, 1.165) is 6.42 Å². The summed E-state index contributed by atoms with van der Waals surface area (Å²) in [4.78, 5) is 25.9. The summed E-state index contributed by atoms with van der Waals surface area (Å²) < 4.78 is 5.28. The fraction of sp³-hybridized carbons (Fsp3) is 0.294. The largest absolute Gasteiger partial charge is 0.467 e. The van der Waals surface area contributed by atoms with Gasteiger partial charge in [0.25, 0.3) is 5.91 Å². The SMILES string of the molecule is C[C@H](NC(=O)c1ccc(Cl)c(N2CCCC2=O)c1)c1ccco1. The molecule has 1 saturated heterocycles. The highest BCUT2D eigenvalue weighted by molar-refractivity contribution is 6.34. The van der Waals surface area contributed by atoms with Gasteiger partial charge in [-0.2, -0.15) is 0 Å². The number of amides is 2. The van der Waals surface area contributed by atoms with Gasteiger partial charge in [-0.25, -0.2) is 0 Å². The van der Waals surface area contributed by atoms with Gasteiger partial charge in [-0.05, 0) is 43.7 Å². The number of nitrogens with one attached hydrogen (secondary N) is 1. The van der Waals surface area contributed by atoms with Crippen LogP contribution in [0.1, 0.15) is 41.9 Å². The van der Waals surface area contributed by atoms with Gasteiger partial charge in [0.2, 0.25) is 5.91 Å². The number of hydrogen-bond acceptors (Lipinski definition) is 3. The zero-order chi connectivity index (χ0) is 16.4. The third-order valence-corrected chi connectivity index (χ3v) is 4.21. The predicted octanol–water partition coefficient (Wildman–Crippen LogP) is 3.55. The molecule has 3 rings (SSSR count). The number of nitrogens with zero attached hydrogens (tertiary/aromatic N) is 1. The Morgan fingerprint density at radius 1 is 1.39 bits per heavy atom. The summed E-state index contributed by atoms with van der Waals surface area (Å²) in [6, 6.07) is 8.30. The molecule has 1 atom stereocenters. The Morgan fingerprint density at radius 3 is 2.87 bits per heavy atom. The summed E-state index contributed by atoms with van der Waals surface area (Å²) in [5, 5.41) is 3.34. The average Bonchev–Trinajstić information content (AvgIpc) is 3.19. The zero-order valence-electron chi connectivity index (χ0n) is 12.7. The van der Waals surface area contributed by atoms with Crippen molar-refractivity contribution in [2.75, 3.05) is 11.4 Å². The molecule has 5 nitrogen and oxygen atoms in total. The number of hydrogen-bond donors (Lipinski definition) is 1. The number of carbonyl (C=O) groups is 2. The predicted molar refractivity (Wildman–Crippen MR) is 87.6 cm³/mol. The molecule has 120 valence electrons. The van der Waals surface area contributed by atoms with Gasteiger partial charge in [0.05, 0.1) is 23.0 Å². The van der Waals surface area contributed by atoms with Crippen molar-refractivity contribution in [1.82, 2.24) is 5.32 Å². The molecule has 6 heteroatoms. The molecule has 1 aliphatic rings. The van der Waals surface area contributed by atoms with Gasteiger partial charge in [0.15, 0.2) is 0 Å². The number of furan rings is 1.